The van der Waals surface area contributed by atoms with Crippen LogP contribution in [0.25, 0.3) is 11.4 Å². The molecule has 3 amide bonds. The fraction of sp³-hybridized carbons (Fsp3) is 0.381. The molecule has 168 valence electrons. The molecule has 0 atom stereocenters. The predicted octanol–water partition coefficient (Wildman–Crippen LogP) is 2.23. The van der Waals surface area contributed by atoms with Crippen LogP contribution in [0.5, 0.6) is 0 Å². The van der Waals surface area contributed by atoms with E-state index in [4.69, 9.17) is 0 Å². The molecule has 1 aromatic carbocycles. The third-order valence-corrected chi connectivity index (χ3v) is 6.18. The molecule has 3 heterocycles. The number of amides is 3. The molecule has 1 fully saturated rings. The first kappa shape index (κ1) is 21.9. The van der Waals surface area contributed by atoms with Crippen molar-refractivity contribution in [2.24, 2.45) is 0 Å². The highest BCUT2D eigenvalue weighted by Gasteiger charge is 2.19. The molecule has 0 spiro atoms. The Morgan fingerprint density at radius 2 is 2.09 bits per heavy atom. The topological polar surface area (TPSA) is 110 Å². The average molecular weight is 455 g/mol. The Kier molecular flexibility index (Phi) is 6.74. The zero-order chi connectivity index (χ0) is 22.5. The fourth-order valence-corrected chi connectivity index (χ4v) is 4.33. The minimum atomic E-state index is -0.142. The molecule has 1 saturated heterocycles. The van der Waals surface area contributed by atoms with E-state index < -0.39 is 0 Å². The van der Waals surface area contributed by atoms with E-state index in [0.717, 1.165) is 17.0 Å². The number of hydrogen-bond acceptors (Lipinski definition) is 6. The number of aromatic nitrogens is 5. The first-order valence-electron chi connectivity index (χ1n) is 10.5. The number of benzene rings is 1. The van der Waals surface area contributed by atoms with Gasteiger partial charge in [-0.05, 0) is 19.4 Å². The van der Waals surface area contributed by atoms with Gasteiger partial charge in [0.1, 0.15) is 0 Å². The van der Waals surface area contributed by atoms with Gasteiger partial charge in [-0.15, -0.1) is 10.2 Å². The van der Waals surface area contributed by atoms with Crippen LogP contribution in [0.2, 0.25) is 0 Å². The summed E-state index contributed by atoms with van der Waals surface area (Å²) >= 11 is 1.35. The molecule has 10 nitrogen and oxygen atoms in total. The van der Waals surface area contributed by atoms with Gasteiger partial charge in [0.15, 0.2) is 11.0 Å². The maximum atomic E-state index is 12.4. The van der Waals surface area contributed by atoms with E-state index >= 15 is 0 Å². The Hall–Kier alpha value is -3.34. The third-order valence-electron chi connectivity index (χ3n) is 5.21. The summed E-state index contributed by atoms with van der Waals surface area (Å²) < 4.78 is 3.74. The molecular weight excluding hydrogens is 428 g/mol. The van der Waals surface area contributed by atoms with E-state index in [9.17, 15) is 9.59 Å². The molecule has 0 saturated carbocycles. The van der Waals surface area contributed by atoms with Gasteiger partial charge in [-0.1, -0.05) is 36.0 Å². The first-order valence-corrected chi connectivity index (χ1v) is 11.5. The molecule has 32 heavy (non-hydrogen) atoms. The number of thioether (sulfide) groups is 1. The largest absolute Gasteiger partial charge is 0.336 e. The van der Waals surface area contributed by atoms with Crippen LogP contribution in [0.15, 0.2) is 41.8 Å². The van der Waals surface area contributed by atoms with Crippen LogP contribution in [-0.4, -0.2) is 66.8 Å². The van der Waals surface area contributed by atoms with Crippen LogP contribution in [0.1, 0.15) is 12.5 Å². The number of hydrogen-bond donors (Lipinski definition) is 2. The van der Waals surface area contributed by atoms with Gasteiger partial charge in [0.2, 0.25) is 5.91 Å². The van der Waals surface area contributed by atoms with Crippen LogP contribution >= 0.6 is 11.8 Å². The molecule has 0 bridgehead atoms. The Bertz CT molecular complexity index is 1110. The van der Waals surface area contributed by atoms with E-state index in [1.807, 2.05) is 42.7 Å². The lowest BCUT2D eigenvalue weighted by molar-refractivity contribution is -0.113. The molecule has 2 aromatic heterocycles. The molecule has 0 aliphatic carbocycles. The standard InChI is InChI=1S/C21H26N8O2S/c1-3-29-19(17-7-5-4-6-15(17)2)25-26-21(29)32-14-18(30)24-16-12-23-28(13-16)11-10-27-9-8-22-20(27)31/h4-7,12-13H,3,8-11,14H2,1-2H3,(H,22,31)(H,24,30). The van der Waals surface area contributed by atoms with Crippen molar-refractivity contribution in [3.8, 4) is 11.4 Å². The van der Waals surface area contributed by atoms with Crippen molar-refractivity contribution in [2.75, 3.05) is 30.7 Å². The molecule has 1 aliphatic rings. The van der Waals surface area contributed by atoms with Crippen molar-refractivity contribution >= 4 is 29.4 Å². The SMILES string of the molecule is CCn1c(SCC(=O)Nc2cnn(CCN3CCNC3=O)c2)nnc1-c1ccccc1C. The van der Waals surface area contributed by atoms with Gasteiger partial charge in [-0.25, -0.2) is 4.79 Å². The number of nitrogens with zero attached hydrogens (tertiary/aromatic N) is 6. The summed E-state index contributed by atoms with van der Waals surface area (Å²) in [6.45, 7) is 7.32. The van der Waals surface area contributed by atoms with Gasteiger partial charge in [0.05, 0.1) is 24.2 Å². The summed E-state index contributed by atoms with van der Waals surface area (Å²) in [6.07, 6.45) is 3.37. The summed E-state index contributed by atoms with van der Waals surface area (Å²) in [4.78, 5) is 25.8. The first-order chi connectivity index (χ1) is 15.5. The zero-order valence-electron chi connectivity index (χ0n) is 18.1. The fourth-order valence-electron chi connectivity index (χ4n) is 3.53. The lowest BCUT2D eigenvalue weighted by atomic mass is 10.1. The van der Waals surface area contributed by atoms with Crippen molar-refractivity contribution in [3.63, 3.8) is 0 Å². The van der Waals surface area contributed by atoms with Crippen LogP contribution in [-0.2, 0) is 17.9 Å². The Balaban J connectivity index is 1.31. The second kappa shape index (κ2) is 9.86. The zero-order valence-corrected chi connectivity index (χ0v) is 18.9. The van der Waals surface area contributed by atoms with E-state index in [1.165, 1.54) is 11.8 Å². The number of aryl methyl sites for hydroxylation is 1. The number of anilines is 1. The number of carbonyl (C=O) groups is 2. The summed E-state index contributed by atoms with van der Waals surface area (Å²) in [5, 5.41) is 19.3. The maximum Gasteiger partial charge on any atom is 0.317 e. The van der Waals surface area contributed by atoms with Crippen molar-refractivity contribution in [3.05, 3.63) is 42.2 Å². The average Bonchev–Trinajstić information content (AvgIpc) is 3.51. The van der Waals surface area contributed by atoms with Gasteiger partial charge in [0.25, 0.3) is 0 Å². The minimum absolute atomic E-state index is 0.0479. The number of nitrogens with one attached hydrogen (secondary N) is 2. The summed E-state index contributed by atoms with van der Waals surface area (Å²) in [7, 11) is 0. The van der Waals surface area contributed by atoms with Crippen molar-refractivity contribution < 1.29 is 9.59 Å². The van der Waals surface area contributed by atoms with E-state index in [2.05, 4.69) is 25.9 Å². The van der Waals surface area contributed by atoms with Gasteiger partial charge in [-0.2, -0.15) is 5.10 Å². The lowest BCUT2D eigenvalue weighted by Crippen LogP contribution is -2.31. The molecule has 2 N–H and O–H groups in total. The van der Waals surface area contributed by atoms with Crippen molar-refractivity contribution in [1.29, 1.82) is 0 Å². The van der Waals surface area contributed by atoms with E-state index in [0.29, 0.717) is 43.6 Å². The van der Waals surface area contributed by atoms with E-state index in [-0.39, 0.29) is 17.7 Å². The molecule has 0 unspecified atom stereocenters. The Morgan fingerprint density at radius 3 is 2.84 bits per heavy atom. The summed E-state index contributed by atoms with van der Waals surface area (Å²) in [5.41, 5.74) is 2.79. The second-order valence-electron chi connectivity index (χ2n) is 7.41. The van der Waals surface area contributed by atoms with Crippen LogP contribution in [0.3, 0.4) is 0 Å². The highest BCUT2D eigenvalue weighted by Crippen LogP contribution is 2.26. The lowest BCUT2D eigenvalue weighted by Gasteiger charge is -2.13. The quantitative estimate of drug-likeness (QED) is 0.480. The van der Waals surface area contributed by atoms with Crippen LogP contribution in [0, 0.1) is 6.92 Å². The molecular formula is C21H26N8O2S. The smallest absolute Gasteiger partial charge is 0.317 e. The van der Waals surface area contributed by atoms with Gasteiger partial charge >= 0.3 is 6.03 Å². The van der Waals surface area contributed by atoms with Gasteiger partial charge in [0, 0.05) is 37.9 Å². The predicted molar refractivity (Wildman–Crippen MR) is 122 cm³/mol. The van der Waals surface area contributed by atoms with Crippen LogP contribution in [0.4, 0.5) is 10.5 Å². The maximum absolute atomic E-state index is 12.4. The Morgan fingerprint density at radius 1 is 1.25 bits per heavy atom. The molecule has 0 radical (unpaired) electrons. The number of urea groups is 1. The highest BCUT2D eigenvalue weighted by molar-refractivity contribution is 7.99. The number of rotatable bonds is 9. The van der Waals surface area contributed by atoms with Gasteiger partial charge in [-0.3, -0.25) is 9.48 Å². The summed E-state index contributed by atoms with van der Waals surface area (Å²) in [6, 6.07) is 8.01. The highest BCUT2D eigenvalue weighted by atomic mass is 32.2. The van der Waals surface area contributed by atoms with E-state index in [1.54, 1.807) is 22.0 Å². The molecule has 4 rings (SSSR count). The Labute approximate surface area is 190 Å². The normalized spacial score (nSPS) is 13.4. The molecule has 11 heteroatoms. The van der Waals surface area contributed by atoms with Crippen molar-refractivity contribution in [1.82, 2.24) is 34.8 Å². The minimum Gasteiger partial charge on any atom is -0.336 e. The van der Waals surface area contributed by atoms with Crippen molar-refractivity contribution in [2.45, 2.75) is 32.1 Å². The number of carbonyl (C=O) groups excluding carboxylic acids is 2. The monoisotopic (exact) mass is 454 g/mol. The third kappa shape index (κ3) is 4.93. The molecule has 1 aliphatic heterocycles. The van der Waals surface area contributed by atoms with Crippen LogP contribution < -0.4 is 10.6 Å². The van der Waals surface area contributed by atoms with Gasteiger partial charge < -0.3 is 20.1 Å². The summed E-state index contributed by atoms with van der Waals surface area (Å²) in [5.74, 6) is 0.878. The second-order valence-corrected chi connectivity index (χ2v) is 8.36. The molecule has 3 aromatic rings.